The molecule has 0 aromatic heterocycles. The molecule has 1 aliphatic carbocycles. The first kappa shape index (κ1) is 20.3. The molecule has 0 aliphatic heterocycles. The van der Waals surface area contributed by atoms with Gasteiger partial charge >= 0.3 is 12.0 Å². The normalized spacial score (nSPS) is 12.6. The van der Waals surface area contributed by atoms with Gasteiger partial charge in [-0.1, -0.05) is 23.7 Å². The van der Waals surface area contributed by atoms with Crippen LogP contribution in [0.1, 0.15) is 33.6 Å². The molecule has 0 unspecified atom stereocenters. The molecule has 0 bridgehead atoms. The summed E-state index contributed by atoms with van der Waals surface area (Å²) in [7, 11) is 0. The minimum Gasteiger partial charge on any atom is -0.452 e. The summed E-state index contributed by atoms with van der Waals surface area (Å²) in [6.45, 7) is -0.629. The number of carbonyl (C=O) groups excluding carboxylic acids is 4. The van der Waals surface area contributed by atoms with Gasteiger partial charge in [0.15, 0.2) is 6.61 Å². The maximum atomic E-state index is 12.4. The molecule has 4 amide bonds. The van der Waals surface area contributed by atoms with E-state index in [2.05, 4.69) is 16.0 Å². The lowest BCUT2D eigenvalue weighted by Crippen LogP contribution is -2.42. The van der Waals surface area contributed by atoms with E-state index in [9.17, 15) is 19.2 Å². The number of rotatable bonds is 6. The highest BCUT2D eigenvalue weighted by atomic mass is 35.5. The van der Waals surface area contributed by atoms with E-state index in [0.29, 0.717) is 10.6 Å². The van der Waals surface area contributed by atoms with Crippen molar-refractivity contribution >= 4 is 41.1 Å². The maximum absolute atomic E-state index is 12.4. The Bertz CT molecular complexity index is 941. The number of nitrogens with one attached hydrogen (secondary N) is 3. The van der Waals surface area contributed by atoms with E-state index in [0.717, 1.165) is 12.8 Å². The van der Waals surface area contributed by atoms with Crippen LogP contribution in [-0.4, -0.2) is 36.5 Å². The number of esters is 1. The molecule has 2 aromatic carbocycles. The van der Waals surface area contributed by atoms with Crippen molar-refractivity contribution in [3.8, 4) is 0 Å². The summed E-state index contributed by atoms with van der Waals surface area (Å²) in [6.07, 6.45) is 1.77. The van der Waals surface area contributed by atoms with Crippen molar-refractivity contribution in [2.45, 2.75) is 18.9 Å². The van der Waals surface area contributed by atoms with Crippen LogP contribution in [0.3, 0.4) is 0 Å². The van der Waals surface area contributed by atoms with Gasteiger partial charge in [0.2, 0.25) is 0 Å². The lowest BCUT2D eigenvalue weighted by atomic mass is 10.1. The molecule has 0 saturated heterocycles. The van der Waals surface area contributed by atoms with Gasteiger partial charge in [0.05, 0.1) is 11.3 Å². The van der Waals surface area contributed by atoms with Crippen LogP contribution in [0.15, 0.2) is 48.5 Å². The van der Waals surface area contributed by atoms with E-state index in [4.69, 9.17) is 16.3 Å². The molecule has 9 heteroatoms. The molecule has 1 aliphatic rings. The van der Waals surface area contributed by atoms with Gasteiger partial charge in [-0.25, -0.2) is 9.59 Å². The van der Waals surface area contributed by atoms with Gasteiger partial charge in [0.1, 0.15) is 0 Å². The number of hydrogen-bond acceptors (Lipinski definition) is 5. The Hall–Kier alpha value is -3.39. The second-order valence-corrected chi connectivity index (χ2v) is 6.82. The van der Waals surface area contributed by atoms with Gasteiger partial charge in [0, 0.05) is 16.6 Å². The largest absolute Gasteiger partial charge is 0.452 e. The molecule has 0 heterocycles. The summed E-state index contributed by atoms with van der Waals surface area (Å²) in [4.78, 5) is 47.9. The number of imide groups is 1. The lowest BCUT2D eigenvalue weighted by Gasteiger charge is -2.11. The van der Waals surface area contributed by atoms with Gasteiger partial charge in [-0.05, 0) is 49.2 Å². The quantitative estimate of drug-likeness (QED) is 0.628. The summed E-state index contributed by atoms with van der Waals surface area (Å²) in [5.74, 6) is -2.00. The monoisotopic (exact) mass is 415 g/mol. The first-order valence-corrected chi connectivity index (χ1v) is 9.23. The average Bonchev–Trinajstić information content (AvgIpc) is 3.50. The number of urea groups is 1. The third kappa shape index (κ3) is 6.05. The van der Waals surface area contributed by atoms with Crippen LogP contribution >= 0.6 is 11.6 Å². The molecule has 0 radical (unpaired) electrons. The maximum Gasteiger partial charge on any atom is 0.340 e. The van der Waals surface area contributed by atoms with Crippen molar-refractivity contribution in [3.05, 3.63) is 64.7 Å². The Labute approximate surface area is 171 Å². The van der Waals surface area contributed by atoms with Gasteiger partial charge in [0.25, 0.3) is 11.8 Å². The molecule has 0 atom stereocenters. The highest BCUT2D eigenvalue weighted by Crippen LogP contribution is 2.19. The van der Waals surface area contributed by atoms with E-state index in [-0.39, 0.29) is 17.3 Å². The summed E-state index contributed by atoms with van der Waals surface area (Å²) < 4.78 is 4.96. The SMILES string of the molecule is O=C(COC(=O)c1ccccc1NC(=O)c1ccc(Cl)cc1)NC(=O)NC1CC1. The molecule has 3 N–H and O–H groups in total. The molecule has 29 heavy (non-hydrogen) atoms. The topological polar surface area (TPSA) is 114 Å². The van der Waals surface area contributed by atoms with Crippen LogP contribution < -0.4 is 16.0 Å². The van der Waals surface area contributed by atoms with Crippen molar-refractivity contribution in [1.29, 1.82) is 0 Å². The van der Waals surface area contributed by atoms with Crippen LogP contribution in [-0.2, 0) is 9.53 Å². The summed E-state index contributed by atoms with van der Waals surface area (Å²) in [5, 5.41) is 7.79. The van der Waals surface area contributed by atoms with Crippen LogP contribution in [0.4, 0.5) is 10.5 Å². The second-order valence-electron chi connectivity index (χ2n) is 6.38. The van der Waals surface area contributed by atoms with E-state index in [1.165, 1.54) is 12.1 Å². The third-order valence-corrected chi connectivity index (χ3v) is 4.25. The van der Waals surface area contributed by atoms with Crippen molar-refractivity contribution in [3.63, 3.8) is 0 Å². The Morgan fingerprint density at radius 1 is 1.00 bits per heavy atom. The zero-order chi connectivity index (χ0) is 20.8. The fourth-order valence-electron chi connectivity index (χ4n) is 2.39. The van der Waals surface area contributed by atoms with E-state index < -0.39 is 30.4 Å². The smallest absolute Gasteiger partial charge is 0.340 e. The Morgan fingerprint density at radius 3 is 2.38 bits per heavy atom. The summed E-state index contributed by atoms with van der Waals surface area (Å²) in [5.41, 5.74) is 0.660. The van der Waals surface area contributed by atoms with Gasteiger partial charge < -0.3 is 15.4 Å². The molecule has 8 nitrogen and oxygen atoms in total. The second kappa shape index (κ2) is 9.20. The number of halogens is 1. The van der Waals surface area contributed by atoms with Crippen LogP contribution in [0.25, 0.3) is 0 Å². The van der Waals surface area contributed by atoms with Crippen LogP contribution in [0.5, 0.6) is 0 Å². The predicted octanol–water partition coefficient (Wildman–Crippen LogP) is 2.74. The number of amides is 4. The predicted molar refractivity (Wildman–Crippen MR) is 106 cm³/mol. The number of para-hydroxylation sites is 1. The van der Waals surface area contributed by atoms with Gasteiger partial charge in [-0.2, -0.15) is 0 Å². The number of benzene rings is 2. The fraction of sp³-hybridized carbons (Fsp3) is 0.200. The number of ether oxygens (including phenoxy) is 1. The van der Waals surface area contributed by atoms with Crippen molar-refractivity contribution in [2.75, 3.05) is 11.9 Å². The zero-order valence-electron chi connectivity index (χ0n) is 15.2. The number of hydrogen-bond donors (Lipinski definition) is 3. The lowest BCUT2D eigenvalue weighted by molar-refractivity contribution is -0.123. The molecule has 2 aromatic rings. The first-order valence-electron chi connectivity index (χ1n) is 8.86. The molecule has 1 fully saturated rings. The number of carbonyl (C=O) groups is 4. The van der Waals surface area contributed by atoms with E-state index >= 15 is 0 Å². The molecule has 0 spiro atoms. The fourth-order valence-corrected chi connectivity index (χ4v) is 2.51. The molecule has 3 rings (SSSR count). The average molecular weight is 416 g/mol. The van der Waals surface area contributed by atoms with Gasteiger partial charge in [-0.15, -0.1) is 0 Å². The van der Waals surface area contributed by atoms with Crippen molar-refractivity contribution in [2.24, 2.45) is 0 Å². The zero-order valence-corrected chi connectivity index (χ0v) is 16.0. The van der Waals surface area contributed by atoms with Crippen LogP contribution in [0.2, 0.25) is 5.02 Å². The van der Waals surface area contributed by atoms with E-state index in [1.54, 1.807) is 36.4 Å². The van der Waals surface area contributed by atoms with Crippen molar-refractivity contribution in [1.82, 2.24) is 10.6 Å². The summed E-state index contributed by atoms with van der Waals surface area (Å²) >= 11 is 5.81. The minimum absolute atomic E-state index is 0.0741. The Kier molecular flexibility index (Phi) is 6.46. The Morgan fingerprint density at radius 2 is 1.69 bits per heavy atom. The minimum atomic E-state index is -0.810. The van der Waals surface area contributed by atoms with Gasteiger partial charge in [-0.3, -0.25) is 14.9 Å². The third-order valence-electron chi connectivity index (χ3n) is 4.00. The summed E-state index contributed by atoms with van der Waals surface area (Å²) in [6, 6.07) is 12.0. The van der Waals surface area contributed by atoms with E-state index in [1.807, 2.05) is 0 Å². The molecule has 150 valence electrons. The standard InChI is InChI=1S/C20H18ClN3O5/c21-13-7-5-12(6-8-13)18(26)23-16-4-2-1-3-15(16)19(27)29-11-17(25)24-20(28)22-14-9-10-14/h1-8,14H,9-11H2,(H,23,26)(H2,22,24,25,28). The highest BCUT2D eigenvalue weighted by molar-refractivity contribution is 6.30. The van der Waals surface area contributed by atoms with Crippen molar-refractivity contribution < 1.29 is 23.9 Å². The Balaban J connectivity index is 1.57. The highest BCUT2D eigenvalue weighted by Gasteiger charge is 2.24. The van der Waals surface area contributed by atoms with Crippen LogP contribution in [0, 0.1) is 0 Å². The molecule has 1 saturated carbocycles. The molecular weight excluding hydrogens is 398 g/mol. The molecular formula is C20H18ClN3O5. The first-order chi connectivity index (χ1) is 13.9. The number of anilines is 1.